The summed E-state index contributed by atoms with van der Waals surface area (Å²) < 4.78 is 11.0. The molecule has 0 saturated carbocycles. The Hall–Kier alpha value is -3.58. The van der Waals surface area contributed by atoms with Gasteiger partial charge in [0.05, 0.1) is 0 Å². The number of allylic oxidation sites excluding steroid dienone is 3. The van der Waals surface area contributed by atoms with E-state index in [-0.39, 0.29) is 42.0 Å². The quantitative estimate of drug-likeness (QED) is 0.0967. The van der Waals surface area contributed by atoms with Crippen LogP contribution in [0, 0.1) is 5.92 Å². The topological polar surface area (TPSA) is 96.3 Å². The number of esters is 1. The molecule has 2 N–H and O–H groups in total. The molecule has 7 heteroatoms. The Kier molecular flexibility index (Phi) is 11.3. The van der Waals surface area contributed by atoms with E-state index in [1.165, 1.54) is 11.1 Å². The van der Waals surface area contributed by atoms with Crippen molar-refractivity contribution in [3.8, 4) is 11.5 Å². The fourth-order valence-electron chi connectivity index (χ4n) is 7.96. The minimum Gasteiger partial charge on any atom is -0.507 e. The lowest BCUT2D eigenvalue weighted by Crippen LogP contribution is -2.44. The molecule has 1 aliphatic carbocycles. The van der Waals surface area contributed by atoms with E-state index in [0.717, 1.165) is 87.3 Å². The molecule has 0 spiro atoms. The molecule has 5 rings (SSSR count). The number of benzene rings is 2. The Morgan fingerprint density at radius 1 is 1.00 bits per heavy atom. The molecule has 2 fully saturated rings. The fourth-order valence-corrected chi connectivity index (χ4v) is 7.96. The maximum absolute atomic E-state index is 13.2. The van der Waals surface area contributed by atoms with E-state index in [0.29, 0.717) is 24.1 Å². The second-order valence-electron chi connectivity index (χ2n) is 13.9. The lowest BCUT2D eigenvalue weighted by Gasteiger charge is -2.36. The number of fused-ring (bicyclic) bond motifs is 2. The van der Waals surface area contributed by atoms with Crippen LogP contribution >= 0.6 is 0 Å². The van der Waals surface area contributed by atoms with Crippen molar-refractivity contribution in [3.63, 3.8) is 0 Å². The van der Waals surface area contributed by atoms with Gasteiger partial charge in [-0.1, -0.05) is 54.5 Å². The number of unbranched alkanes of at least 4 members (excludes halogenated alkanes) is 2. The molecule has 5 unspecified atom stereocenters. The number of hydrogen-bond acceptors (Lipinski definition) is 7. The number of ether oxygens (including phenoxy) is 2. The first kappa shape index (κ1) is 33.8. The number of hydrogen-bond donors (Lipinski definition) is 2. The first-order chi connectivity index (χ1) is 22.1. The van der Waals surface area contributed by atoms with Crippen LogP contribution in [0.4, 0.5) is 0 Å². The van der Waals surface area contributed by atoms with Gasteiger partial charge in [-0.25, -0.2) is 0 Å². The molecule has 5 atom stereocenters. The smallest absolute Gasteiger partial charge is 0.317 e. The predicted molar refractivity (Wildman–Crippen MR) is 180 cm³/mol. The van der Waals surface area contributed by atoms with Gasteiger partial charge in [0.15, 0.2) is 0 Å². The second-order valence-corrected chi connectivity index (χ2v) is 13.9. The lowest BCUT2D eigenvalue weighted by molar-refractivity contribution is -0.156. The van der Waals surface area contributed by atoms with Crippen LogP contribution in [0.5, 0.6) is 11.5 Å². The lowest BCUT2D eigenvalue weighted by atomic mass is 9.73. The molecule has 248 valence electrons. The SMILES string of the molecule is C=C(C)C1CCC(C)=CC1c1c(O)cc(CCCCCc2ccc(C(COC=O)C(=O)OC3CC4CCC(C3)N4C)cc2)cc1O. The summed E-state index contributed by atoms with van der Waals surface area (Å²) in [6.07, 6.45) is 12.8. The zero-order valence-corrected chi connectivity index (χ0v) is 27.7. The largest absolute Gasteiger partial charge is 0.507 e. The van der Waals surface area contributed by atoms with E-state index in [2.05, 4.69) is 31.5 Å². The van der Waals surface area contributed by atoms with E-state index in [1.807, 2.05) is 43.3 Å². The molecule has 2 aromatic rings. The van der Waals surface area contributed by atoms with Crippen LogP contribution in [0.2, 0.25) is 0 Å². The van der Waals surface area contributed by atoms with Gasteiger partial charge in [-0.2, -0.15) is 0 Å². The Labute approximate surface area is 274 Å². The van der Waals surface area contributed by atoms with E-state index < -0.39 is 5.92 Å². The van der Waals surface area contributed by atoms with Crippen LogP contribution in [-0.4, -0.2) is 59.4 Å². The summed E-state index contributed by atoms with van der Waals surface area (Å²) in [4.78, 5) is 26.6. The van der Waals surface area contributed by atoms with Crippen LogP contribution in [0.1, 0.15) is 106 Å². The van der Waals surface area contributed by atoms with E-state index in [9.17, 15) is 19.8 Å². The van der Waals surface area contributed by atoms with Gasteiger partial charge < -0.3 is 24.6 Å². The average Bonchev–Trinajstić information content (AvgIpc) is 3.21. The summed E-state index contributed by atoms with van der Waals surface area (Å²) in [6, 6.07) is 12.6. The second kappa shape index (κ2) is 15.3. The van der Waals surface area contributed by atoms with Crippen molar-refractivity contribution >= 4 is 12.4 Å². The van der Waals surface area contributed by atoms with Gasteiger partial charge in [-0.15, -0.1) is 0 Å². The third-order valence-corrected chi connectivity index (χ3v) is 10.7. The Bertz CT molecular complexity index is 1380. The summed E-state index contributed by atoms with van der Waals surface area (Å²) in [5.74, 6) is -0.480. The summed E-state index contributed by atoms with van der Waals surface area (Å²) in [7, 11) is 2.16. The number of aromatic hydroxyl groups is 2. The number of phenolic OH excluding ortho intramolecular Hbond substituents is 2. The number of rotatable bonds is 14. The van der Waals surface area contributed by atoms with Crippen LogP contribution in [0.15, 0.2) is 60.2 Å². The van der Waals surface area contributed by atoms with Crippen LogP contribution in [0.25, 0.3) is 0 Å². The fraction of sp³-hybridized carbons (Fsp3) is 0.538. The number of piperidine rings is 1. The molecular formula is C39H51NO6. The molecule has 7 nitrogen and oxygen atoms in total. The minimum atomic E-state index is -0.638. The highest BCUT2D eigenvalue weighted by Gasteiger charge is 2.40. The van der Waals surface area contributed by atoms with Crippen LogP contribution in [-0.2, 0) is 31.9 Å². The molecular weight excluding hydrogens is 578 g/mol. The molecule has 2 heterocycles. The highest BCUT2D eigenvalue weighted by Crippen LogP contribution is 2.46. The van der Waals surface area contributed by atoms with Crippen molar-refractivity contribution < 1.29 is 29.3 Å². The predicted octanol–water partition coefficient (Wildman–Crippen LogP) is 7.49. The first-order valence-corrected chi connectivity index (χ1v) is 17.1. The van der Waals surface area contributed by atoms with Crippen LogP contribution < -0.4 is 0 Å². The summed E-state index contributed by atoms with van der Waals surface area (Å²) in [5.41, 5.74) is 5.89. The molecule has 0 radical (unpaired) electrons. The van der Waals surface area contributed by atoms with Gasteiger partial charge in [0.2, 0.25) is 0 Å². The first-order valence-electron chi connectivity index (χ1n) is 17.1. The normalized spacial score (nSPS) is 25.0. The van der Waals surface area contributed by atoms with Gasteiger partial charge in [0.1, 0.15) is 30.1 Å². The maximum atomic E-state index is 13.2. The molecule has 2 aromatic carbocycles. The number of carbonyl (C=O) groups excluding carboxylic acids is 2. The molecule has 0 amide bonds. The molecule has 0 aromatic heterocycles. The summed E-state index contributed by atoms with van der Waals surface area (Å²) in [5, 5.41) is 21.9. The zero-order valence-electron chi connectivity index (χ0n) is 27.7. The van der Waals surface area contributed by atoms with Gasteiger partial charge in [0.25, 0.3) is 6.47 Å². The highest BCUT2D eigenvalue weighted by atomic mass is 16.6. The minimum absolute atomic E-state index is 0.0290. The van der Waals surface area contributed by atoms with Crippen molar-refractivity contribution in [1.82, 2.24) is 4.90 Å². The third-order valence-electron chi connectivity index (χ3n) is 10.7. The van der Waals surface area contributed by atoms with Crippen molar-refractivity contribution in [3.05, 3.63) is 82.5 Å². The van der Waals surface area contributed by atoms with Gasteiger partial charge in [-0.3, -0.25) is 9.59 Å². The average molecular weight is 630 g/mol. The van der Waals surface area contributed by atoms with Crippen molar-refractivity contribution in [2.24, 2.45) is 5.92 Å². The summed E-state index contributed by atoms with van der Waals surface area (Å²) >= 11 is 0. The van der Waals surface area contributed by atoms with Gasteiger partial charge in [0, 0.05) is 23.6 Å². The van der Waals surface area contributed by atoms with E-state index in [1.54, 1.807) is 0 Å². The van der Waals surface area contributed by atoms with Crippen molar-refractivity contribution in [2.45, 2.75) is 114 Å². The molecule has 2 aliphatic heterocycles. The zero-order chi connectivity index (χ0) is 32.8. The number of phenols is 2. The number of aryl methyl sites for hydroxylation is 2. The van der Waals surface area contributed by atoms with Crippen molar-refractivity contribution in [2.75, 3.05) is 13.7 Å². The number of carbonyl (C=O) groups is 2. The standard InChI is InChI=1S/C39H51NO6/c1-25(2)33-17-10-26(3)18-34(33)38-36(42)19-28(20-37(38)43)9-7-5-6-8-27-11-13-29(14-12-27)35(23-45-24-41)39(44)46-32-21-30-15-16-31(22-32)40(30)4/h11-14,18-20,24,30-35,42-43H,1,5-10,15-17,21-23H2,2-4H3. The molecule has 3 aliphatic rings. The van der Waals surface area contributed by atoms with Crippen LogP contribution in [0.3, 0.4) is 0 Å². The third kappa shape index (κ3) is 8.03. The van der Waals surface area contributed by atoms with Gasteiger partial charge in [-0.05, 0) is 120 Å². The molecule has 46 heavy (non-hydrogen) atoms. The Morgan fingerprint density at radius 3 is 2.24 bits per heavy atom. The Morgan fingerprint density at radius 2 is 1.63 bits per heavy atom. The molecule has 2 saturated heterocycles. The summed E-state index contributed by atoms with van der Waals surface area (Å²) in [6.45, 7) is 8.66. The Balaban J connectivity index is 1.11. The van der Waals surface area contributed by atoms with E-state index in [4.69, 9.17) is 9.47 Å². The molecule has 2 bridgehead atoms. The monoisotopic (exact) mass is 629 g/mol. The van der Waals surface area contributed by atoms with Crippen molar-refractivity contribution in [1.29, 1.82) is 0 Å². The highest BCUT2D eigenvalue weighted by molar-refractivity contribution is 5.78. The van der Waals surface area contributed by atoms with E-state index >= 15 is 0 Å². The number of nitrogens with zero attached hydrogens (tertiary/aromatic N) is 1. The van der Waals surface area contributed by atoms with Gasteiger partial charge >= 0.3 is 5.97 Å². The maximum Gasteiger partial charge on any atom is 0.317 e.